The number of nitrogens with zero attached hydrogens (tertiary/aromatic N) is 1. The van der Waals surface area contributed by atoms with E-state index in [1.807, 2.05) is 17.9 Å². The molecule has 2 saturated heterocycles. The number of nitrogens with two attached hydrogens (primary N) is 1. The molecule has 8 nitrogen and oxygen atoms in total. The van der Waals surface area contributed by atoms with Crippen LogP contribution in [0.25, 0.3) is 0 Å². The molecule has 0 spiro atoms. The molecule has 5 rings (SSSR count). The van der Waals surface area contributed by atoms with E-state index in [1.54, 1.807) is 36.4 Å². The first-order valence-electron chi connectivity index (χ1n) is 14.9. The highest BCUT2D eigenvalue weighted by atomic mass is 35.5. The summed E-state index contributed by atoms with van der Waals surface area (Å²) in [6, 6.07) is 14.5. The zero-order valence-corrected chi connectivity index (χ0v) is 27.3. The monoisotopic (exact) mass is 657 g/mol. The molecule has 0 saturated carbocycles. The number of carbonyl (C=O) groups is 2. The zero-order valence-electron chi connectivity index (χ0n) is 25.8. The average Bonchev–Trinajstić information content (AvgIpc) is 3.60. The van der Waals surface area contributed by atoms with Crippen LogP contribution in [-0.4, -0.2) is 63.2 Å². The van der Waals surface area contributed by atoms with Crippen LogP contribution < -0.4 is 25.3 Å². The zero-order chi connectivity index (χ0) is 32.5. The number of nitrogens with one attached hydrogen (secondary N) is 1. The number of carbonyl (C=O) groups excluding carboxylic acids is 2. The number of hydrogen-bond acceptors (Lipinski definition) is 6. The highest BCUT2D eigenvalue weighted by Gasteiger charge is 2.64. The number of primary amides is 1. The number of benzene rings is 3. The molecule has 2 aliphatic heterocycles. The van der Waals surface area contributed by atoms with E-state index in [0.29, 0.717) is 56.9 Å². The summed E-state index contributed by atoms with van der Waals surface area (Å²) in [5, 5.41) is 4.14. The Morgan fingerprint density at radius 1 is 1.00 bits per heavy atom. The molecule has 2 aliphatic rings. The maximum Gasteiger partial charge on any atom is 0.254 e. The smallest absolute Gasteiger partial charge is 0.254 e. The molecule has 0 aliphatic carbocycles. The number of amides is 2. The van der Waals surface area contributed by atoms with E-state index in [4.69, 9.17) is 43.1 Å². The van der Waals surface area contributed by atoms with Crippen LogP contribution in [0.2, 0.25) is 10.0 Å². The van der Waals surface area contributed by atoms with Crippen molar-refractivity contribution in [3.63, 3.8) is 0 Å². The summed E-state index contributed by atoms with van der Waals surface area (Å²) in [6.45, 7) is 3.59. The van der Waals surface area contributed by atoms with Gasteiger partial charge in [-0.05, 0) is 79.3 Å². The minimum absolute atomic E-state index is 0.0765. The second-order valence-electron chi connectivity index (χ2n) is 11.6. The maximum atomic E-state index is 14.9. The van der Waals surface area contributed by atoms with Gasteiger partial charge < -0.3 is 30.2 Å². The van der Waals surface area contributed by atoms with E-state index in [1.165, 1.54) is 33.5 Å². The fraction of sp³-hybridized carbons (Fsp3) is 0.412. The highest BCUT2D eigenvalue weighted by Crippen LogP contribution is 2.59. The molecule has 0 aromatic heterocycles. The fourth-order valence-electron chi connectivity index (χ4n) is 7.83. The van der Waals surface area contributed by atoms with Gasteiger partial charge in [0.15, 0.2) is 11.5 Å². The van der Waals surface area contributed by atoms with Crippen LogP contribution in [0, 0.1) is 11.7 Å². The second kappa shape index (κ2) is 13.1. The van der Waals surface area contributed by atoms with Crippen molar-refractivity contribution in [2.75, 3.05) is 41.0 Å². The van der Waals surface area contributed by atoms with Crippen molar-refractivity contribution in [1.29, 1.82) is 0 Å². The third kappa shape index (κ3) is 5.38. The van der Waals surface area contributed by atoms with E-state index in [-0.39, 0.29) is 24.8 Å². The molecule has 2 heterocycles. The largest absolute Gasteiger partial charge is 0.493 e. The van der Waals surface area contributed by atoms with Gasteiger partial charge in [-0.25, -0.2) is 4.39 Å². The first-order valence-corrected chi connectivity index (χ1v) is 15.7. The molecule has 2 amide bonds. The molecule has 240 valence electrons. The standard InChI is InChI=1S/C34H38Cl2FN3O5/c1-5-34(23-12-14-39-19-23)30(20-6-11-25(35)26(36)16-20)33(32(38)42,22-7-9-24(37)10-8-22)13-15-40(34)31(41)21-17-27(43-2)29(45-4)28(18-21)44-3/h6-11,16-18,23,30,39H,5,12-15,19H2,1-4H3,(H2,38,42). The van der Waals surface area contributed by atoms with Gasteiger partial charge in [-0.2, -0.15) is 0 Å². The Morgan fingerprint density at radius 3 is 2.18 bits per heavy atom. The molecule has 4 atom stereocenters. The van der Waals surface area contributed by atoms with Crippen molar-refractivity contribution in [2.24, 2.45) is 11.7 Å². The van der Waals surface area contributed by atoms with Crippen molar-refractivity contribution in [3.05, 3.63) is 87.2 Å². The number of rotatable bonds is 9. The van der Waals surface area contributed by atoms with Crippen LogP contribution in [0.5, 0.6) is 17.2 Å². The Bertz CT molecular complexity index is 1560. The van der Waals surface area contributed by atoms with Gasteiger partial charge in [0, 0.05) is 24.6 Å². The van der Waals surface area contributed by atoms with Crippen molar-refractivity contribution in [3.8, 4) is 17.2 Å². The van der Waals surface area contributed by atoms with Crippen LogP contribution in [0.1, 0.15) is 53.6 Å². The summed E-state index contributed by atoms with van der Waals surface area (Å²) in [5.41, 5.74) is 5.80. The third-order valence-corrected chi connectivity index (χ3v) is 10.5. The van der Waals surface area contributed by atoms with Crippen LogP contribution in [0.4, 0.5) is 4.39 Å². The molecule has 0 radical (unpaired) electrons. The first-order chi connectivity index (χ1) is 21.6. The predicted molar refractivity (Wildman–Crippen MR) is 172 cm³/mol. The van der Waals surface area contributed by atoms with Gasteiger partial charge in [0.25, 0.3) is 5.91 Å². The lowest BCUT2D eigenvalue weighted by molar-refractivity contribution is -0.131. The molecule has 45 heavy (non-hydrogen) atoms. The Morgan fingerprint density at radius 2 is 1.67 bits per heavy atom. The van der Waals surface area contributed by atoms with Gasteiger partial charge in [0.05, 0.1) is 42.3 Å². The van der Waals surface area contributed by atoms with Gasteiger partial charge in [-0.15, -0.1) is 0 Å². The lowest BCUT2D eigenvalue weighted by atomic mass is 9.51. The molecule has 3 aromatic rings. The van der Waals surface area contributed by atoms with Crippen LogP contribution in [0.3, 0.4) is 0 Å². The normalized spacial score (nSPS) is 24.7. The summed E-state index contributed by atoms with van der Waals surface area (Å²) in [5.74, 6) is -0.930. The minimum atomic E-state index is -1.31. The molecular weight excluding hydrogens is 620 g/mol. The van der Waals surface area contributed by atoms with Gasteiger partial charge in [-0.1, -0.05) is 48.3 Å². The molecule has 3 aromatic carbocycles. The van der Waals surface area contributed by atoms with Crippen molar-refractivity contribution >= 4 is 35.0 Å². The lowest BCUT2D eigenvalue weighted by Crippen LogP contribution is -2.70. The lowest BCUT2D eigenvalue weighted by Gasteiger charge is -2.61. The fourth-order valence-corrected chi connectivity index (χ4v) is 8.13. The van der Waals surface area contributed by atoms with E-state index < -0.39 is 28.6 Å². The van der Waals surface area contributed by atoms with Crippen molar-refractivity contribution < 1.29 is 28.2 Å². The summed E-state index contributed by atoms with van der Waals surface area (Å²) in [4.78, 5) is 30.8. The molecular formula is C34H38Cl2FN3O5. The molecule has 0 bridgehead atoms. The predicted octanol–water partition coefficient (Wildman–Crippen LogP) is 5.97. The topological polar surface area (TPSA) is 103 Å². The second-order valence-corrected chi connectivity index (χ2v) is 12.4. The number of piperidine rings is 1. The molecule has 3 N–H and O–H groups in total. The van der Waals surface area contributed by atoms with E-state index >= 15 is 0 Å². The van der Waals surface area contributed by atoms with E-state index in [2.05, 4.69) is 5.32 Å². The van der Waals surface area contributed by atoms with Gasteiger partial charge in [0.2, 0.25) is 11.7 Å². The number of likely N-dealkylation sites (tertiary alicyclic amines) is 1. The highest BCUT2D eigenvalue weighted by molar-refractivity contribution is 6.42. The van der Waals surface area contributed by atoms with Gasteiger partial charge in [-0.3, -0.25) is 9.59 Å². The van der Waals surface area contributed by atoms with Gasteiger partial charge >= 0.3 is 0 Å². The van der Waals surface area contributed by atoms with Crippen molar-refractivity contribution in [1.82, 2.24) is 10.2 Å². The van der Waals surface area contributed by atoms with Crippen molar-refractivity contribution in [2.45, 2.75) is 43.1 Å². The minimum Gasteiger partial charge on any atom is -0.493 e. The Hall–Kier alpha value is -3.53. The summed E-state index contributed by atoms with van der Waals surface area (Å²) < 4.78 is 30.9. The number of methoxy groups -OCH3 is 3. The quantitative estimate of drug-likeness (QED) is 0.294. The maximum absolute atomic E-state index is 14.9. The SMILES string of the molecule is CCC1(C2CCNC2)C(c2ccc(Cl)c(Cl)c2)C(C(N)=O)(c2ccc(F)cc2)CCN1C(=O)c1cc(OC)c(OC)c(OC)c1. The number of halogens is 3. The summed E-state index contributed by atoms with van der Waals surface area (Å²) in [6.07, 6.45) is 1.43. The first kappa shape index (κ1) is 32.9. The van der Waals surface area contributed by atoms with Gasteiger partial charge in [0.1, 0.15) is 5.82 Å². The summed E-state index contributed by atoms with van der Waals surface area (Å²) in [7, 11) is 4.50. The number of ether oxygens (including phenoxy) is 3. The Kier molecular flexibility index (Phi) is 9.54. The molecule has 11 heteroatoms. The Labute approximate surface area is 272 Å². The van der Waals surface area contributed by atoms with E-state index in [9.17, 15) is 14.0 Å². The average molecular weight is 659 g/mol. The summed E-state index contributed by atoms with van der Waals surface area (Å²) >= 11 is 13.0. The third-order valence-electron chi connectivity index (χ3n) is 9.79. The van der Waals surface area contributed by atoms with Crippen LogP contribution >= 0.6 is 23.2 Å². The molecule has 4 unspecified atom stereocenters. The molecule has 2 fully saturated rings. The van der Waals surface area contributed by atoms with Crippen LogP contribution in [-0.2, 0) is 10.2 Å². The Balaban J connectivity index is 1.81. The van der Waals surface area contributed by atoms with Crippen LogP contribution in [0.15, 0.2) is 54.6 Å². The van der Waals surface area contributed by atoms with E-state index in [0.717, 1.165) is 13.0 Å². The number of hydrogen-bond donors (Lipinski definition) is 2.